The van der Waals surface area contributed by atoms with Crippen molar-refractivity contribution in [2.24, 2.45) is 0 Å². The Morgan fingerprint density at radius 2 is 1.76 bits per heavy atom. The number of carbonyl (C=O) groups is 1. The Hall–Kier alpha value is -2.89. The van der Waals surface area contributed by atoms with Gasteiger partial charge in [0.05, 0.1) is 7.11 Å². The molecule has 2 aromatic carbocycles. The summed E-state index contributed by atoms with van der Waals surface area (Å²) in [6, 6.07) is 13.2. The maximum atomic E-state index is 12.3. The number of benzene rings is 2. The number of nitrogens with zero attached hydrogens (tertiary/aromatic N) is 1. The molecule has 0 aromatic heterocycles. The SMILES string of the molecule is COc1ccc(CNC(=O)N(C)Cc2ccc3c(c2)OCCO3)cc1. The summed E-state index contributed by atoms with van der Waals surface area (Å²) in [4.78, 5) is 13.9. The van der Waals surface area contributed by atoms with Crippen LogP contribution in [0.1, 0.15) is 11.1 Å². The summed E-state index contributed by atoms with van der Waals surface area (Å²) in [7, 11) is 3.39. The van der Waals surface area contributed by atoms with Gasteiger partial charge in [-0.3, -0.25) is 0 Å². The average Bonchev–Trinajstić information content (AvgIpc) is 2.66. The molecule has 0 unspecified atom stereocenters. The van der Waals surface area contributed by atoms with Gasteiger partial charge >= 0.3 is 6.03 Å². The van der Waals surface area contributed by atoms with Gasteiger partial charge in [-0.05, 0) is 35.4 Å². The van der Waals surface area contributed by atoms with Gasteiger partial charge in [-0.1, -0.05) is 18.2 Å². The molecule has 2 aromatic rings. The van der Waals surface area contributed by atoms with E-state index in [0.29, 0.717) is 26.3 Å². The van der Waals surface area contributed by atoms with Crippen LogP contribution in [0, 0.1) is 0 Å². The molecule has 0 fully saturated rings. The van der Waals surface area contributed by atoms with Gasteiger partial charge in [0.1, 0.15) is 19.0 Å². The van der Waals surface area contributed by atoms with Gasteiger partial charge in [-0.2, -0.15) is 0 Å². The summed E-state index contributed by atoms with van der Waals surface area (Å²) in [5, 5.41) is 2.91. The van der Waals surface area contributed by atoms with E-state index in [4.69, 9.17) is 14.2 Å². The van der Waals surface area contributed by atoms with E-state index in [2.05, 4.69) is 5.32 Å². The fourth-order valence-electron chi connectivity index (χ4n) is 2.59. The van der Waals surface area contributed by atoms with Crippen LogP contribution in [0.4, 0.5) is 4.79 Å². The largest absolute Gasteiger partial charge is 0.497 e. The molecule has 6 heteroatoms. The zero-order chi connectivity index (χ0) is 17.6. The number of nitrogens with one attached hydrogen (secondary N) is 1. The van der Waals surface area contributed by atoms with E-state index in [1.54, 1.807) is 19.1 Å². The maximum Gasteiger partial charge on any atom is 0.317 e. The molecule has 0 atom stereocenters. The highest BCUT2D eigenvalue weighted by molar-refractivity contribution is 5.73. The number of hydrogen-bond acceptors (Lipinski definition) is 4. The van der Waals surface area contributed by atoms with Gasteiger partial charge in [0.25, 0.3) is 0 Å². The molecule has 3 rings (SSSR count). The van der Waals surface area contributed by atoms with Crippen LogP contribution < -0.4 is 19.5 Å². The van der Waals surface area contributed by atoms with Crippen LogP contribution in [-0.4, -0.2) is 38.3 Å². The first-order chi connectivity index (χ1) is 12.2. The second kappa shape index (κ2) is 7.79. The van der Waals surface area contributed by atoms with E-state index in [9.17, 15) is 4.79 Å². The van der Waals surface area contributed by atoms with Crippen LogP contribution >= 0.6 is 0 Å². The Morgan fingerprint density at radius 3 is 2.48 bits per heavy atom. The molecular formula is C19H22N2O4. The summed E-state index contributed by atoms with van der Waals surface area (Å²) in [5.74, 6) is 2.28. The first-order valence-electron chi connectivity index (χ1n) is 8.16. The molecule has 1 aliphatic rings. The van der Waals surface area contributed by atoms with Crippen LogP contribution in [0.5, 0.6) is 17.2 Å². The third-order valence-electron chi connectivity index (χ3n) is 3.98. The molecule has 25 heavy (non-hydrogen) atoms. The number of carbonyl (C=O) groups excluding carboxylic acids is 1. The van der Waals surface area contributed by atoms with Crippen molar-refractivity contribution in [2.45, 2.75) is 13.1 Å². The van der Waals surface area contributed by atoms with Crippen molar-refractivity contribution in [1.29, 1.82) is 0 Å². The van der Waals surface area contributed by atoms with E-state index >= 15 is 0 Å². The van der Waals surface area contributed by atoms with Gasteiger partial charge < -0.3 is 24.4 Å². The Labute approximate surface area is 147 Å². The number of ether oxygens (including phenoxy) is 3. The second-order valence-corrected chi connectivity index (χ2v) is 5.84. The van der Waals surface area contributed by atoms with Crippen LogP contribution in [-0.2, 0) is 13.1 Å². The predicted octanol–water partition coefficient (Wildman–Crippen LogP) is 2.81. The van der Waals surface area contributed by atoms with Gasteiger partial charge in [0, 0.05) is 20.1 Å². The Balaban J connectivity index is 1.53. The monoisotopic (exact) mass is 342 g/mol. The molecule has 132 valence electrons. The zero-order valence-electron chi connectivity index (χ0n) is 14.5. The van der Waals surface area contributed by atoms with Crippen LogP contribution in [0.25, 0.3) is 0 Å². The molecule has 0 radical (unpaired) electrons. The van der Waals surface area contributed by atoms with Crippen molar-refractivity contribution in [3.8, 4) is 17.2 Å². The molecule has 0 spiro atoms. The second-order valence-electron chi connectivity index (χ2n) is 5.84. The summed E-state index contributed by atoms with van der Waals surface area (Å²) < 4.78 is 16.2. The molecule has 6 nitrogen and oxygen atoms in total. The molecule has 1 aliphatic heterocycles. The summed E-state index contributed by atoms with van der Waals surface area (Å²) >= 11 is 0. The molecule has 1 N–H and O–H groups in total. The normalized spacial score (nSPS) is 12.4. The maximum absolute atomic E-state index is 12.3. The number of hydrogen-bond donors (Lipinski definition) is 1. The number of amides is 2. The highest BCUT2D eigenvalue weighted by atomic mass is 16.6. The summed E-state index contributed by atoms with van der Waals surface area (Å²) in [6.45, 7) is 2.08. The Bertz CT molecular complexity index is 731. The van der Waals surface area contributed by atoms with Crippen molar-refractivity contribution >= 4 is 6.03 Å². The van der Waals surface area contributed by atoms with E-state index in [-0.39, 0.29) is 6.03 Å². The van der Waals surface area contributed by atoms with E-state index < -0.39 is 0 Å². The van der Waals surface area contributed by atoms with Crippen LogP contribution in [0.15, 0.2) is 42.5 Å². The smallest absolute Gasteiger partial charge is 0.317 e. The third kappa shape index (κ3) is 4.35. The van der Waals surface area contributed by atoms with Gasteiger partial charge in [-0.25, -0.2) is 4.79 Å². The van der Waals surface area contributed by atoms with Crippen molar-refractivity contribution < 1.29 is 19.0 Å². The average molecular weight is 342 g/mol. The Kier molecular flexibility index (Phi) is 5.28. The van der Waals surface area contributed by atoms with Crippen molar-refractivity contribution in [1.82, 2.24) is 10.2 Å². The zero-order valence-corrected chi connectivity index (χ0v) is 14.5. The number of urea groups is 1. The number of rotatable bonds is 5. The van der Waals surface area contributed by atoms with Gasteiger partial charge in [-0.15, -0.1) is 0 Å². The number of fused-ring (bicyclic) bond motifs is 1. The molecule has 0 saturated heterocycles. The molecule has 0 aliphatic carbocycles. The third-order valence-corrected chi connectivity index (χ3v) is 3.98. The van der Waals surface area contributed by atoms with Crippen LogP contribution in [0.2, 0.25) is 0 Å². The van der Waals surface area contributed by atoms with Crippen molar-refractivity contribution in [3.63, 3.8) is 0 Å². The highest BCUT2D eigenvalue weighted by Crippen LogP contribution is 2.31. The first kappa shape index (κ1) is 17.0. The van der Waals surface area contributed by atoms with Crippen molar-refractivity contribution in [3.05, 3.63) is 53.6 Å². The van der Waals surface area contributed by atoms with Gasteiger partial charge in [0.15, 0.2) is 11.5 Å². The minimum atomic E-state index is -0.134. The van der Waals surface area contributed by atoms with Gasteiger partial charge in [0.2, 0.25) is 0 Å². The minimum Gasteiger partial charge on any atom is -0.497 e. The topological polar surface area (TPSA) is 60.0 Å². The summed E-state index contributed by atoms with van der Waals surface area (Å²) in [6.07, 6.45) is 0. The van der Waals surface area contributed by atoms with E-state index in [0.717, 1.165) is 28.4 Å². The fraction of sp³-hybridized carbons (Fsp3) is 0.316. The lowest BCUT2D eigenvalue weighted by Crippen LogP contribution is -2.36. The number of methoxy groups -OCH3 is 1. The quantitative estimate of drug-likeness (QED) is 0.908. The molecular weight excluding hydrogens is 320 g/mol. The van der Waals surface area contributed by atoms with E-state index in [1.807, 2.05) is 42.5 Å². The lowest BCUT2D eigenvalue weighted by atomic mass is 10.2. The highest BCUT2D eigenvalue weighted by Gasteiger charge is 2.14. The van der Waals surface area contributed by atoms with Crippen LogP contribution in [0.3, 0.4) is 0 Å². The fourth-order valence-corrected chi connectivity index (χ4v) is 2.59. The van der Waals surface area contributed by atoms with E-state index in [1.165, 1.54) is 0 Å². The molecule has 2 amide bonds. The molecule has 1 heterocycles. The lowest BCUT2D eigenvalue weighted by molar-refractivity contribution is 0.171. The van der Waals surface area contributed by atoms with Crippen molar-refractivity contribution in [2.75, 3.05) is 27.4 Å². The first-order valence-corrected chi connectivity index (χ1v) is 8.16. The minimum absolute atomic E-state index is 0.134. The summed E-state index contributed by atoms with van der Waals surface area (Å²) in [5.41, 5.74) is 2.01. The lowest BCUT2D eigenvalue weighted by Gasteiger charge is -2.21. The Morgan fingerprint density at radius 1 is 1.08 bits per heavy atom. The standard InChI is InChI=1S/C19H22N2O4/c1-21(13-15-5-8-17-18(11-15)25-10-9-24-17)19(22)20-12-14-3-6-16(23-2)7-4-14/h3-8,11H,9-10,12-13H2,1-2H3,(H,20,22). The predicted molar refractivity (Wildman–Crippen MR) is 94.1 cm³/mol. The molecule has 0 saturated carbocycles. The molecule has 0 bridgehead atoms.